The van der Waals surface area contributed by atoms with Gasteiger partial charge in [0.15, 0.2) is 0 Å². The number of nitrogens with two attached hydrogens (primary N) is 1. The smallest absolute Gasteiger partial charge is 0.0544 e. The second kappa shape index (κ2) is 6.16. The minimum absolute atomic E-state index is 0.114. The molecule has 3 rings (SSSR count). The van der Waals surface area contributed by atoms with Crippen LogP contribution >= 0.6 is 0 Å². The van der Waals surface area contributed by atoms with E-state index in [1.807, 2.05) is 0 Å². The van der Waals surface area contributed by atoms with Gasteiger partial charge in [0.2, 0.25) is 0 Å². The van der Waals surface area contributed by atoms with E-state index in [1.54, 1.807) is 11.1 Å². The highest BCUT2D eigenvalue weighted by Gasteiger charge is 2.50. The topological polar surface area (TPSA) is 66.5 Å². The van der Waals surface area contributed by atoms with Gasteiger partial charge in [0.05, 0.1) is 6.10 Å². The Balaban J connectivity index is 1.91. The zero-order valence-corrected chi connectivity index (χ0v) is 15.1. The minimum atomic E-state index is -0.236. The van der Waals surface area contributed by atoms with Crippen LogP contribution in [0, 0.1) is 28.6 Å². The van der Waals surface area contributed by atoms with Crippen LogP contribution < -0.4 is 5.73 Å². The van der Waals surface area contributed by atoms with Crippen LogP contribution in [0.25, 0.3) is 0 Å². The Morgan fingerprint density at radius 3 is 2.52 bits per heavy atom. The maximum atomic E-state index is 10.0. The van der Waals surface area contributed by atoms with Crippen LogP contribution in [0.15, 0.2) is 11.1 Å². The zero-order chi connectivity index (χ0) is 16.8. The third-order valence-corrected chi connectivity index (χ3v) is 7.69. The van der Waals surface area contributed by atoms with Crippen LogP contribution in [0.1, 0.15) is 65.7 Å². The third-order valence-electron chi connectivity index (χ3n) is 7.69. The molecule has 5 atom stereocenters. The summed E-state index contributed by atoms with van der Waals surface area (Å²) in [4.78, 5) is 0. The Morgan fingerprint density at radius 2 is 1.87 bits per heavy atom. The molecule has 0 aromatic carbocycles. The highest BCUT2D eigenvalue weighted by atomic mass is 16.3. The molecule has 0 bridgehead atoms. The van der Waals surface area contributed by atoms with Crippen LogP contribution in [-0.2, 0) is 0 Å². The maximum absolute atomic E-state index is 10.0. The van der Waals surface area contributed by atoms with E-state index in [0.29, 0.717) is 17.3 Å². The predicted octanol–water partition coefficient (Wildman–Crippen LogP) is 3.25. The molecular formula is C20H35NO2. The van der Waals surface area contributed by atoms with Crippen LogP contribution in [0.5, 0.6) is 0 Å². The minimum Gasteiger partial charge on any atom is -0.396 e. The molecule has 3 aliphatic rings. The first-order chi connectivity index (χ1) is 10.8. The Hall–Kier alpha value is -0.380. The summed E-state index contributed by atoms with van der Waals surface area (Å²) < 4.78 is 0. The second-order valence-electron chi connectivity index (χ2n) is 9.19. The fourth-order valence-corrected chi connectivity index (χ4v) is 6.10. The molecule has 0 saturated heterocycles. The van der Waals surface area contributed by atoms with E-state index in [9.17, 15) is 10.2 Å². The highest BCUT2D eigenvalue weighted by molar-refractivity contribution is 5.32. The average molecular weight is 322 g/mol. The molecule has 4 N–H and O–H groups in total. The monoisotopic (exact) mass is 321 g/mol. The van der Waals surface area contributed by atoms with Gasteiger partial charge in [-0.1, -0.05) is 31.9 Å². The number of rotatable bonds is 3. The number of aliphatic hydroxyl groups excluding tert-OH is 2. The lowest BCUT2D eigenvalue weighted by molar-refractivity contribution is -0.0575. The molecule has 1 fully saturated rings. The molecule has 1 saturated carbocycles. The summed E-state index contributed by atoms with van der Waals surface area (Å²) in [6.45, 7) is 8.06. The quantitative estimate of drug-likeness (QED) is 0.699. The summed E-state index contributed by atoms with van der Waals surface area (Å²) in [6, 6.07) is 0. The van der Waals surface area contributed by atoms with Crippen LogP contribution in [0.3, 0.4) is 0 Å². The van der Waals surface area contributed by atoms with Crippen molar-refractivity contribution in [1.29, 1.82) is 0 Å². The molecule has 0 spiro atoms. The summed E-state index contributed by atoms with van der Waals surface area (Å²) in [5.41, 5.74) is 10.1. The number of aliphatic hydroxyl groups is 2. The van der Waals surface area contributed by atoms with Crippen molar-refractivity contribution >= 4 is 0 Å². The number of hydrogen-bond acceptors (Lipinski definition) is 3. The summed E-state index contributed by atoms with van der Waals surface area (Å²) in [7, 11) is 0. The molecule has 0 aromatic rings. The highest BCUT2D eigenvalue weighted by Crippen LogP contribution is 2.58. The van der Waals surface area contributed by atoms with Crippen LogP contribution in [-0.4, -0.2) is 29.5 Å². The van der Waals surface area contributed by atoms with Crippen molar-refractivity contribution in [2.75, 3.05) is 13.2 Å². The average Bonchev–Trinajstić information content (AvgIpc) is 2.84. The van der Waals surface area contributed by atoms with E-state index >= 15 is 0 Å². The van der Waals surface area contributed by atoms with Gasteiger partial charge in [-0.05, 0) is 80.1 Å². The molecule has 3 aliphatic carbocycles. The fraction of sp³-hybridized carbons (Fsp3) is 0.900. The first-order valence-electron chi connectivity index (χ1n) is 9.55. The van der Waals surface area contributed by atoms with Crippen molar-refractivity contribution in [1.82, 2.24) is 0 Å². The van der Waals surface area contributed by atoms with Gasteiger partial charge < -0.3 is 15.9 Å². The summed E-state index contributed by atoms with van der Waals surface area (Å²) in [5, 5.41) is 20.0. The van der Waals surface area contributed by atoms with Crippen molar-refractivity contribution < 1.29 is 10.2 Å². The molecule has 0 heterocycles. The molecular weight excluding hydrogens is 286 g/mol. The molecule has 3 nitrogen and oxygen atoms in total. The number of allylic oxidation sites excluding steroid dienone is 1. The Bertz CT molecular complexity index is 484. The molecule has 0 amide bonds. The molecule has 0 aromatic heterocycles. The Morgan fingerprint density at radius 1 is 1.13 bits per heavy atom. The fourth-order valence-electron chi connectivity index (χ4n) is 6.10. The van der Waals surface area contributed by atoms with Gasteiger partial charge in [0.1, 0.15) is 0 Å². The van der Waals surface area contributed by atoms with Crippen molar-refractivity contribution in [2.24, 2.45) is 34.3 Å². The van der Waals surface area contributed by atoms with Crippen LogP contribution in [0.4, 0.5) is 0 Å². The van der Waals surface area contributed by atoms with E-state index in [0.717, 1.165) is 25.8 Å². The second-order valence-corrected chi connectivity index (χ2v) is 9.19. The standard InChI is InChI=1S/C20H35NO2/c1-19(2)8-7-15-16(11-21)18(5-4-17(15)19)20(3)9-6-14(23)10-13(20)12-22/h13-14,16,18,22-23H,4-12,21H2,1-3H3. The largest absolute Gasteiger partial charge is 0.396 e. The van der Waals surface area contributed by atoms with Crippen molar-refractivity contribution in [3.05, 3.63) is 11.1 Å². The summed E-state index contributed by atoms with van der Waals surface area (Å²) >= 11 is 0. The van der Waals surface area contributed by atoms with Crippen molar-refractivity contribution in [3.8, 4) is 0 Å². The molecule has 0 aliphatic heterocycles. The van der Waals surface area contributed by atoms with E-state index in [1.165, 1.54) is 25.7 Å². The van der Waals surface area contributed by atoms with Crippen LogP contribution in [0.2, 0.25) is 0 Å². The third kappa shape index (κ3) is 2.79. The molecule has 0 radical (unpaired) electrons. The van der Waals surface area contributed by atoms with Gasteiger partial charge in [-0.15, -0.1) is 0 Å². The van der Waals surface area contributed by atoms with E-state index in [4.69, 9.17) is 5.73 Å². The maximum Gasteiger partial charge on any atom is 0.0544 e. The lowest BCUT2D eigenvalue weighted by Gasteiger charge is -2.52. The van der Waals surface area contributed by atoms with E-state index in [2.05, 4.69) is 20.8 Å². The molecule has 132 valence electrons. The lowest BCUT2D eigenvalue weighted by atomic mass is 9.53. The predicted molar refractivity (Wildman–Crippen MR) is 93.9 cm³/mol. The van der Waals surface area contributed by atoms with E-state index < -0.39 is 0 Å². The van der Waals surface area contributed by atoms with Crippen molar-refractivity contribution in [2.45, 2.75) is 71.8 Å². The lowest BCUT2D eigenvalue weighted by Crippen LogP contribution is -2.48. The SMILES string of the molecule is CC1(C)CCC2=C1CCC(C1(C)CCC(O)CC1CO)C2CN. The number of hydrogen-bond donors (Lipinski definition) is 3. The zero-order valence-electron chi connectivity index (χ0n) is 15.1. The van der Waals surface area contributed by atoms with Gasteiger partial charge in [0, 0.05) is 6.61 Å². The summed E-state index contributed by atoms with van der Waals surface area (Å²) in [6.07, 6.45) is 7.29. The van der Waals surface area contributed by atoms with E-state index in [-0.39, 0.29) is 24.0 Å². The van der Waals surface area contributed by atoms with Crippen molar-refractivity contribution in [3.63, 3.8) is 0 Å². The Labute approximate surface area is 141 Å². The molecule has 3 heteroatoms. The van der Waals surface area contributed by atoms with Gasteiger partial charge in [-0.25, -0.2) is 0 Å². The first kappa shape index (κ1) is 17.4. The Kier molecular flexibility index (Phi) is 4.67. The molecule has 23 heavy (non-hydrogen) atoms. The van der Waals surface area contributed by atoms with Gasteiger partial charge >= 0.3 is 0 Å². The first-order valence-corrected chi connectivity index (χ1v) is 9.55. The summed E-state index contributed by atoms with van der Waals surface area (Å²) in [5.74, 6) is 1.25. The van der Waals surface area contributed by atoms with Gasteiger partial charge in [-0.2, -0.15) is 0 Å². The normalized spacial score (nSPS) is 43.6. The molecule has 5 unspecified atom stereocenters. The van der Waals surface area contributed by atoms with Gasteiger partial charge in [-0.3, -0.25) is 0 Å². The van der Waals surface area contributed by atoms with Gasteiger partial charge in [0.25, 0.3) is 0 Å².